The zero-order valence-corrected chi connectivity index (χ0v) is 11.3. The van der Waals surface area contributed by atoms with Gasteiger partial charge in [0.05, 0.1) is 13.2 Å². The van der Waals surface area contributed by atoms with Crippen LogP contribution in [0, 0.1) is 5.92 Å². The molecule has 8 heteroatoms. The van der Waals surface area contributed by atoms with Crippen LogP contribution in [0.2, 0.25) is 0 Å². The van der Waals surface area contributed by atoms with Gasteiger partial charge in [-0.1, -0.05) is 6.92 Å². The first kappa shape index (κ1) is 14.3. The van der Waals surface area contributed by atoms with E-state index >= 15 is 0 Å². The highest BCUT2D eigenvalue weighted by Crippen LogP contribution is 2.29. The van der Waals surface area contributed by atoms with Gasteiger partial charge in [-0.15, -0.1) is 0 Å². The van der Waals surface area contributed by atoms with Crippen molar-refractivity contribution in [3.8, 4) is 6.01 Å². The number of nitrogen functional groups attached to an aromatic ring is 1. The summed E-state index contributed by atoms with van der Waals surface area (Å²) in [5.41, 5.74) is 6.16. The molecule has 5 N–H and O–H groups in total. The van der Waals surface area contributed by atoms with Crippen molar-refractivity contribution in [3.05, 3.63) is 0 Å². The van der Waals surface area contributed by atoms with Crippen molar-refractivity contribution in [3.63, 3.8) is 0 Å². The predicted molar refractivity (Wildman–Crippen MR) is 74.5 cm³/mol. The van der Waals surface area contributed by atoms with Crippen molar-refractivity contribution in [2.75, 3.05) is 36.1 Å². The van der Waals surface area contributed by atoms with E-state index in [1.54, 1.807) is 0 Å². The molecule has 0 spiro atoms. The van der Waals surface area contributed by atoms with E-state index in [0.29, 0.717) is 18.1 Å². The average Bonchev–Trinajstić information content (AvgIpc) is 2.43. The molecule has 1 aromatic heterocycles. The Morgan fingerprint density at radius 2 is 2.30 bits per heavy atom. The summed E-state index contributed by atoms with van der Waals surface area (Å²) in [5.74, 6) is 0.749. The van der Waals surface area contributed by atoms with E-state index in [2.05, 4.69) is 20.6 Å². The van der Waals surface area contributed by atoms with Gasteiger partial charge in [-0.05, 0) is 18.8 Å². The van der Waals surface area contributed by atoms with Gasteiger partial charge in [-0.3, -0.25) is 4.79 Å². The van der Waals surface area contributed by atoms with Gasteiger partial charge in [0.1, 0.15) is 5.69 Å². The summed E-state index contributed by atoms with van der Waals surface area (Å²) in [7, 11) is 0. The smallest absolute Gasteiger partial charge is 0.320 e. The predicted octanol–water partition coefficient (Wildman–Crippen LogP) is 0.210. The number of aromatic nitrogens is 2. The van der Waals surface area contributed by atoms with Gasteiger partial charge in [-0.25, -0.2) is 0 Å². The van der Waals surface area contributed by atoms with Crippen LogP contribution < -0.4 is 21.1 Å². The van der Waals surface area contributed by atoms with Gasteiger partial charge in [-0.2, -0.15) is 9.97 Å². The number of nitrogens with zero attached hydrogens (tertiary/aromatic N) is 2. The maximum Gasteiger partial charge on any atom is 0.320 e. The zero-order valence-electron chi connectivity index (χ0n) is 11.3. The molecular formula is C12H19N5O3. The number of hydrogen-bond donors (Lipinski definition) is 4. The van der Waals surface area contributed by atoms with Gasteiger partial charge >= 0.3 is 6.01 Å². The molecule has 2 heterocycles. The van der Waals surface area contributed by atoms with E-state index < -0.39 is 0 Å². The Balaban J connectivity index is 2.00. The molecule has 1 aliphatic rings. The Hall–Kier alpha value is -2.09. The largest absolute Gasteiger partial charge is 0.463 e. The lowest BCUT2D eigenvalue weighted by Gasteiger charge is -2.19. The van der Waals surface area contributed by atoms with Crippen molar-refractivity contribution in [1.29, 1.82) is 0 Å². The van der Waals surface area contributed by atoms with Crippen LogP contribution in [0.1, 0.15) is 19.8 Å². The fraction of sp³-hybridized carbons (Fsp3) is 0.583. The van der Waals surface area contributed by atoms with Gasteiger partial charge in [0.2, 0.25) is 5.91 Å². The summed E-state index contributed by atoms with van der Waals surface area (Å²) in [6.07, 6.45) is 1.61. The summed E-state index contributed by atoms with van der Waals surface area (Å²) in [4.78, 5) is 19.4. The second kappa shape index (κ2) is 6.38. The topological polar surface area (TPSA) is 122 Å². The van der Waals surface area contributed by atoms with Crippen molar-refractivity contribution >= 4 is 23.2 Å². The number of nitrogens with one attached hydrogen (secondary N) is 2. The highest BCUT2D eigenvalue weighted by atomic mass is 16.5. The molecule has 20 heavy (non-hydrogen) atoms. The van der Waals surface area contributed by atoms with E-state index in [1.807, 2.05) is 6.92 Å². The molecule has 2 rings (SSSR count). The summed E-state index contributed by atoms with van der Waals surface area (Å²) in [6, 6.07) is 0.181. The normalized spacial score (nSPS) is 15.0. The molecule has 1 aromatic rings. The third-order valence-electron chi connectivity index (χ3n) is 2.95. The van der Waals surface area contributed by atoms with Gasteiger partial charge in [0.25, 0.3) is 0 Å². The second-order valence-electron chi connectivity index (χ2n) is 4.80. The molecule has 1 amide bonds. The van der Waals surface area contributed by atoms with E-state index in [1.165, 1.54) is 0 Å². The fourth-order valence-corrected chi connectivity index (χ4v) is 1.86. The highest BCUT2D eigenvalue weighted by Gasteiger charge is 2.20. The number of amides is 1. The lowest BCUT2D eigenvalue weighted by atomic mass is 10.1. The Bertz CT molecular complexity index is 494. The summed E-state index contributed by atoms with van der Waals surface area (Å²) >= 11 is 0. The van der Waals surface area contributed by atoms with E-state index in [-0.39, 0.29) is 36.8 Å². The van der Waals surface area contributed by atoms with Crippen LogP contribution in [0.25, 0.3) is 0 Å². The minimum absolute atomic E-state index is 0.149. The quantitative estimate of drug-likeness (QED) is 0.588. The summed E-state index contributed by atoms with van der Waals surface area (Å²) in [5, 5.41) is 14.2. The molecule has 0 aromatic carbocycles. The molecular weight excluding hydrogens is 262 g/mol. The number of nitrogens with two attached hydrogens (primary N) is 1. The molecule has 0 bridgehead atoms. The summed E-state index contributed by atoms with van der Waals surface area (Å²) < 4.78 is 5.50. The van der Waals surface area contributed by atoms with Crippen LogP contribution >= 0.6 is 0 Å². The molecule has 8 nitrogen and oxygen atoms in total. The average molecular weight is 281 g/mol. The maximum absolute atomic E-state index is 11.2. The highest BCUT2D eigenvalue weighted by molar-refractivity contribution is 6.02. The Labute approximate surface area is 116 Å². The SMILES string of the molecule is CC(CCCO)COc1nc(N)c2c(n1)NCC(=O)N2. The number of rotatable bonds is 6. The maximum atomic E-state index is 11.2. The van der Waals surface area contributed by atoms with Crippen molar-refractivity contribution in [1.82, 2.24) is 9.97 Å². The number of aliphatic hydroxyl groups excluding tert-OH is 1. The molecule has 0 saturated carbocycles. The van der Waals surface area contributed by atoms with Crippen molar-refractivity contribution in [2.45, 2.75) is 19.8 Å². The Morgan fingerprint density at radius 1 is 1.50 bits per heavy atom. The number of fused-ring (bicyclic) bond motifs is 1. The number of carbonyl (C=O) groups is 1. The second-order valence-corrected chi connectivity index (χ2v) is 4.80. The minimum atomic E-state index is -0.181. The molecule has 1 unspecified atom stereocenters. The van der Waals surface area contributed by atoms with Crippen LogP contribution in [0.3, 0.4) is 0 Å². The lowest BCUT2D eigenvalue weighted by molar-refractivity contribution is -0.114. The fourth-order valence-electron chi connectivity index (χ4n) is 1.86. The van der Waals surface area contributed by atoms with Crippen LogP contribution in [0.15, 0.2) is 0 Å². The standard InChI is InChI=1S/C12H19N5O3/c1-7(3-2-4-18)6-20-12-16-10(13)9-11(17-12)14-5-8(19)15-9/h7,18H,2-6H2,1H3,(H,15,19)(H3,13,14,16,17). The monoisotopic (exact) mass is 281 g/mol. The van der Waals surface area contributed by atoms with E-state index in [4.69, 9.17) is 15.6 Å². The molecule has 0 aliphatic carbocycles. The van der Waals surface area contributed by atoms with E-state index in [9.17, 15) is 4.79 Å². The van der Waals surface area contributed by atoms with Crippen LogP contribution in [0.4, 0.5) is 17.3 Å². The number of anilines is 3. The van der Waals surface area contributed by atoms with Gasteiger partial charge < -0.3 is 26.2 Å². The van der Waals surface area contributed by atoms with Gasteiger partial charge in [0.15, 0.2) is 11.6 Å². The minimum Gasteiger partial charge on any atom is -0.463 e. The molecule has 0 radical (unpaired) electrons. The molecule has 0 saturated heterocycles. The van der Waals surface area contributed by atoms with Crippen molar-refractivity contribution < 1.29 is 14.6 Å². The number of carbonyl (C=O) groups excluding carboxylic acids is 1. The van der Waals surface area contributed by atoms with E-state index in [0.717, 1.165) is 12.8 Å². The van der Waals surface area contributed by atoms with Crippen LogP contribution in [0.5, 0.6) is 6.01 Å². The lowest BCUT2D eigenvalue weighted by Crippen LogP contribution is -2.29. The number of aliphatic hydroxyl groups is 1. The molecule has 110 valence electrons. The first-order chi connectivity index (χ1) is 9.60. The number of hydrogen-bond acceptors (Lipinski definition) is 7. The first-order valence-corrected chi connectivity index (χ1v) is 6.55. The first-order valence-electron chi connectivity index (χ1n) is 6.55. The Kier molecular flexibility index (Phi) is 4.57. The molecule has 1 atom stereocenters. The number of ether oxygens (including phenoxy) is 1. The van der Waals surface area contributed by atoms with Gasteiger partial charge in [0, 0.05) is 6.61 Å². The third kappa shape index (κ3) is 3.47. The summed E-state index contributed by atoms with van der Waals surface area (Å²) in [6.45, 7) is 2.80. The van der Waals surface area contributed by atoms with Crippen LogP contribution in [-0.2, 0) is 4.79 Å². The van der Waals surface area contributed by atoms with Crippen LogP contribution in [-0.4, -0.2) is 40.7 Å². The molecule has 1 aliphatic heterocycles. The Morgan fingerprint density at radius 3 is 3.05 bits per heavy atom. The zero-order chi connectivity index (χ0) is 14.5. The van der Waals surface area contributed by atoms with Crippen molar-refractivity contribution in [2.24, 2.45) is 5.92 Å². The molecule has 0 fully saturated rings. The third-order valence-corrected chi connectivity index (χ3v) is 2.95.